The standard InChI is InChI=1S/C22H18N4O3S2/c1-13-18(17-12-30-21(24-17)25-19(27)14-6-4-3-5-7-14)31-22(23-13)26-20(28)15-8-10-16(29-2)11-9-15/h3-12H,1-2H3,(H,23,26,28)(H,24,25,27). The summed E-state index contributed by atoms with van der Waals surface area (Å²) in [6.45, 7) is 1.86. The number of rotatable bonds is 6. The third-order valence-corrected chi connectivity index (χ3v) is 6.22. The number of carbonyl (C=O) groups excluding carboxylic acids is 2. The van der Waals surface area contributed by atoms with Crippen LogP contribution in [0.5, 0.6) is 5.75 Å². The van der Waals surface area contributed by atoms with Gasteiger partial charge in [0.2, 0.25) is 0 Å². The van der Waals surface area contributed by atoms with E-state index in [1.165, 1.54) is 22.7 Å². The third-order valence-electron chi connectivity index (χ3n) is 4.36. The van der Waals surface area contributed by atoms with Crippen molar-refractivity contribution in [3.8, 4) is 16.3 Å². The van der Waals surface area contributed by atoms with E-state index in [-0.39, 0.29) is 11.8 Å². The highest BCUT2D eigenvalue weighted by Crippen LogP contribution is 2.34. The van der Waals surface area contributed by atoms with E-state index in [1.807, 2.05) is 30.5 Å². The number of benzene rings is 2. The normalized spacial score (nSPS) is 10.5. The smallest absolute Gasteiger partial charge is 0.257 e. The second kappa shape index (κ2) is 9.07. The number of carbonyl (C=O) groups is 2. The van der Waals surface area contributed by atoms with Crippen LogP contribution in [0.1, 0.15) is 26.4 Å². The lowest BCUT2D eigenvalue weighted by molar-refractivity contribution is 0.101. The first-order valence-electron chi connectivity index (χ1n) is 9.28. The van der Waals surface area contributed by atoms with Crippen LogP contribution in [0.25, 0.3) is 10.6 Å². The van der Waals surface area contributed by atoms with E-state index in [9.17, 15) is 9.59 Å². The number of aryl methyl sites for hydroxylation is 1. The van der Waals surface area contributed by atoms with Gasteiger partial charge in [-0.15, -0.1) is 11.3 Å². The van der Waals surface area contributed by atoms with Gasteiger partial charge in [-0.3, -0.25) is 20.2 Å². The van der Waals surface area contributed by atoms with Crippen LogP contribution < -0.4 is 15.4 Å². The molecule has 2 aromatic carbocycles. The predicted molar refractivity (Wildman–Crippen MR) is 123 cm³/mol. The highest BCUT2D eigenvalue weighted by atomic mass is 32.1. The van der Waals surface area contributed by atoms with Gasteiger partial charge in [-0.25, -0.2) is 9.97 Å². The van der Waals surface area contributed by atoms with Gasteiger partial charge in [-0.05, 0) is 43.3 Å². The number of ether oxygens (including phenoxy) is 1. The molecule has 2 heterocycles. The molecule has 0 bridgehead atoms. The average molecular weight is 451 g/mol. The van der Waals surface area contributed by atoms with Gasteiger partial charge in [0.1, 0.15) is 5.75 Å². The van der Waals surface area contributed by atoms with E-state index in [4.69, 9.17) is 4.74 Å². The molecule has 0 fully saturated rings. The summed E-state index contributed by atoms with van der Waals surface area (Å²) in [5, 5.41) is 8.47. The van der Waals surface area contributed by atoms with Crippen LogP contribution in [0.3, 0.4) is 0 Å². The SMILES string of the molecule is COc1ccc(C(=O)Nc2nc(C)c(-c3csc(NC(=O)c4ccccc4)n3)s2)cc1. The molecule has 0 aliphatic heterocycles. The Kier molecular flexibility index (Phi) is 6.06. The Morgan fingerprint density at radius 1 is 0.871 bits per heavy atom. The second-order valence-corrected chi connectivity index (χ2v) is 8.33. The van der Waals surface area contributed by atoms with Crippen LogP contribution in [0.4, 0.5) is 10.3 Å². The number of nitrogens with one attached hydrogen (secondary N) is 2. The summed E-state index contributed by atoms with van der Waals surface area (Å²) in [4.78, 5) is 34.6. The lowest BCUT2D eigenvalue weighted by atomic mass is 10.2. The maximum absolute atomic E-state index is 12.5. The van der Waals surface area contributed by atoms with Gasteiger partial charge in [-0.1, -0.05) is 29.5 Å². The van der Waals surface area contributed by atoms with Crippen molar-refractivity contribution in [1.29, 1.82) is 0 Å². The topological polar surface area (TPSA) is 93.2 Å². The maximum atomic E-state index is 12.5. The molecule has 0 spiro atoms. The van der Waals surface area contributed by atoms with Crippen molar-refractivity contribution in [1.82, 2.24) is 9.97 Å². The number of anilines is 2. The number of thiazole rings is 2. The minimum absolute atomic E-state index is 0.213. The second-order valence-electron chi connectivity index (χ2n) is 6.47. The molecule has 2 N–H and O–H groups in total. The van der Waals surface area contributed by atoms with Crippen molar-refractivity contribution in [3.63, 3.8) is 0 Å². The summed E-state index contributed by atoms with van der Waals surface area (Å²) in [5.41, 5.74) is 2.53. The highest BCUT2D eigenvalue weighted by Gasteiger charge is 2.16. The van der Waals surface area contributed by atoms with Crippen LogP contribution in [0, 0.1) is 6.92 Å². The van der Waals surface area contributed by atoms with Gasteiger partial charge in [-0.2, -0.15) is 0 Å². The number of aromatic nitrogens is 2. The molecule has 0 saturated carbocycles. The van der Waals surface area contributed by atoms with Crippen molar-refractivity contribution in [3.05, 3.63) is 76.8 Å². The summed E-state index contributed by atoms with van der Waals surface area (Å²) < 4.78 is 5.11. The quantitative estimate of drug-likeness (QED) is 0.427. The zero-order valence-corrected chi connectivity index (χ0v) is 18.3. The molecule has 0 aliphatic rings. The van der Waals surface area contributed by atoms with Crippen molar-refractivity contribution >= 4 is 44.8 Å². The van der Waals surface area contributed by atoms with E-state index < -0.39 is 0 Å². The Morgan fingerprint density at radius 2 is 1.52 bits per heavy atom. The van der Waals surface area contributed by atoms with Crippen LogP contribution in [-0.2, 0) is 0 Å². The monoisotopic (exact) mass is 450 g/mol. The van der Waals surface area contributed by atoms with Crippen molar-refractivity contribution < 1.29 is 14.3 Å². The Morgan fingerprint density at radius 3 is 2.19 bits per heavy atom. The summed E-state index contributed by atoms with van der Waals surface area (Å²) in [5.74, 6) is 0.217. The minimum Gasteiger partial charge on any atom is -0.497 e. The molecule has 0 unspecified atom stereocenters. The maximum Gasteiger partial charge on any atom is 0.257 e. The number of hydrogen-bond donors (Lipinski definition) is 2. The summed E-state index contributed by atoms with van der Waals surface area (Å²) in [6.07, 6.45) is 0. The average Bonchev–Trinajstić information content (AvgIpc) is 3.40. The zero-order valence-electron chi connectivity index (χ0n) is 16.7. The van der Waals surface area contributed by atoms with E-state index in [0.717, 1.165) is 10.6 Å². The van der Waals surface area contributed by atoms with Crippen molar-refractivity contribution in [2.24, 2.45) is 0 Å². The van der Waals surface area contributed by atoms with Crippen molar-refractivity contribution in [2.45, 2.75) is 6.92 Å². The van der Waals surface area contributed by atoms with Crippen LogP contribution in [0.2, 0.25) is 0 Å². The largest absolute Gasteiger partial charge is 0.497 e. The van der Waals surface area contributed by atoms with Gasteiger partial charge < -0.3 is 4.74 Å². The van der Waals surface area contributed by atoms with Crippen LogP contribution >= 0.6 is 22.7 Å². The van der Waals surface area contributed by atoms with Crippen LogP contribution in [-0.4, -0.2) is 28.9 Å². The number of methoxy groups -OCH3 is 1. The molecule has 4 aromatic rings. The minimum atomic E-state index is -0.253. The molecule has 0 saturated heterocycles. The van der Waals surface area contributed by atoms with Crippen molar-refractivity contribution in [2.75, 3.05) is 17.7 Å². The van der Waals surface area contributed by atoms with Gasteiger partial charge in [0.05, 0.1) is 23.4 Å². The Labute approximate surface area is 186 Å². The molecule has 0 aliphatic carbocycles. The summed E-state index contributed by atoms with van der Waals surface area (Å²) >= 11 is 2.67. The van der Waals surface area contributed by atoms with Gasteiger partial charge in [0.25, 0.3) is 11.8 Å². The van der Waals surface area contributed by atoms with E-state index in [2.05, 4.69) is 20.6 Å². The lowest BCUT2D eigenvalue weighted by Gasteiger charge is -2.03. The molecular weight excluding hydrogens is 432 g/mol. The molecular formula is C22H18N4O3S2. The van der Waals surface area contributed by atoms with E-state index >= 15 is 0 Å². The highest BCUT2D eigenvalue weighted by molar-refractivity contribution is 7.20. The molecule has 156 valence electrons. The zero-order chi connectivity index (χ0) is 21.8. The fourth-order valence-corrected chi connectivity index (χ4v) is 4.49. The molecule has 2 aromatic heterocycles. The van der Waals surface area contributed by atoms with Gasteiger partial charge in [0, 0.05) is 16.5 Å². The number of hydrogen-bond acceptors (Lipinski definition) is 7. The summed E-state index contributed by atoms with van der Waals surface area (Å²) in [6, 6.07) is 15.8. The lowest BCUT2D eigenvalue weighted by Crippen LogP contribution is -2.11. The molecule has 9 heteroatoms. The first-order valence-corrected chi connectivity index (χ1v) is 11.0. The van der Waals surface area contributed by atoms with Gasteiger partial charge in [0.15, 0.2) is 10.3 Å². The van der Waals surface area contributed by atoms with E-state index in [0.29, 0.717) is 32.8 Å². The Balaban J connectivity index is 1.46. The first-order chi connectivity index (χ1) is 15.0. The fraction of sp³-hybridized carbons (Fsp3) is 0.0909. The third kappa shape index (κ3) is 4.79. The number of amides is 2. The number of nitrogens with zero attached hydrogens (tertiary/aromatic N) is 2. The predicted octanol–water partition coefficient (Wildman–Crippen LogP) is 5.09. The van der Waals surface area contributed by atoms with E-state index in [1.54, 1.807) is 43.5 Å². The Hall–Kier alpha value is -3.56. The molecule has 0 atom stereocenters. The fourth-order valence-electron chi connectivity index (χ4n) is 2.79. The molecule has 0 radical (unpaired) electrons. The van der Waals surface area contributed by atoms with Crippen LogP contribution in [0.15, 0.2) is 60.0 Å². The Bertz CT molecular complexity index is 1220. The van der Waals surface area contributed by atoms with Gasteiger partial charge >= 0.3 is 0 Å². The molecule has 4 rings (SSSR count). The summed E-state index contributed by atoms with van der Waals surface area (Å²) in [7, 11) is 1.58. The molecule has 7 nitrogen and oxygen atoms in total. The first kappa shape index (κ1) is 20.7. The molecule has 31 heavy (non-hydrogen) atoms. The molecule has 2 amide bonds.